The molecule has 0 saturated heterocycles. The zero-order valence-corrected chi connectivity index (χ0v) is 10.6. The molecule has 0 amide bonds. The van der Waals surface area contributed by atoms with Crippen LogP contribution in [0.15, 0.2) is 22.7 Å². The highest BCUT2D eigenvalue weighted by Gasteiger charge is 2.12. The molecule has 0 fully saturated rings. The predicted molar refractivity (Wildman–Crippen MR) is 63.7 cm³/mol. The maximum atomic E-state index is 13.4. The number of ether oxygens (including phenoxy) is 1. The number of benzene rings is 1. The highest BCUT2D eigenvalue weighted by Crippen LogP contribution is 2.21. The van der Waals surface area contributed by atoms with Gasteiger partial charge in [0.1, 0.15) is 5.82 Å². The minimum atomic E-state index is -0.256. The Hall–Kier alpha value is -0.610. The van der Waals surface area contributed by atoms with Gasteiger partial charge in [0.15, 0.2) is 0 Å². The Labute approximate surface area is 98.0 Å². The normalized spacial score (nSPS) is 14.7. The molecular weight excluding hydrogens is 261 g/mol. The van der Waals surface area contributed by atoms with E-state index in [4.69, 9.17) is 4.74 Å². The molecular formula is C11H15BrFNO. The molecule has 0 saturated carbocycles. The summed E-state index contributed by atoms with van der Waals surface area (Å²) in [6, 6.07) is 4.87. The molecule has 2 unspecified atom stereocenters. The summed E-state index contributed by atoms with van der Waals surface area (Å²) >= 11 is 3.30. The lowest BCUT2D eigenvalue weighted by atomic mass is 10.2. The molecule has 1 N–H and O–H groups in total. The Balaban J connectivity index is 2.75. The summed E-state index contributed by atoms with van der Waals surface area (Å²) in [5.74, 6) is -0.256. The molecule has 0 heterocycles. The second-order valence-corrected chi connectivity index (χ2v) is 4.41. The minimum absolute atomic E-state index is 0.0309. The van der Waals surface area contributed by atoms with Gasteiger partial charge in [-0.15, -0.1) is 0 Å². The van der Waals surface area contributed by atoms with Crippen LogP contribution in [0, 0.1) is 5.82 Å². The predicted octanol–water partition coefficient (Wildman–Crippen LogP) is 3.42. The van der Waals surface area contributed by atoms with Crippen LogP contribution in [-0.2, 0) is 4.74 Å². The second kappa shape index (κ2) is 5.47. The first-order valence-corrected chi connectivity index (χ1v) is 5.58. The van der Waals surface area contributed by atoms with Gasteiger partial charge in [-0.1, -0.05) is 15.9 Å². The Morgan fingerprint density at radius 1 is 1.40 bits per heavy atom. The molecule has 0 bridgehead atoms. The number of rotatable bonds is 4. The lowest BCUT2D eigenvalue weighted by Gasteiger charge is -2.21. The standard InChI is InChI=1S/C11H15BrFNO/c1-7(8(2)15-3)14-11-6-9(12)4-5-10(11)13/h4-8,14H,1-3H3. The maximum absolute atomic E-state index is 13.4. The number of hydrogen-bond donors (Lipinski definition) is 1. The topological polar surface area (TPSA) is 21.3 Å². The molecule has 0 aliphatic rings. The molecule has 84 valence electrons. The van der Waals surface area contributed by atoms with Gasteiger partial charge in [0, 0.05) is 17.6 Å². The summed E-state index contributed by atoms with van der Waals surface area (Å²) < 4.78 is 19.4. The van der Waals surface area contributed by atoms with Crippen LogP contribution < -0.4 is 5.32 Å². The number of nitrogens with one attached hydrogen (secondary N) is 1. The lowest BCUT2D eigenvalue weighted by Crippen LogP contribution is -2.30. The highest BCUT2D eigenvalue weighted by atomic mass is 79.9. The summed E-state index contributed by atoms with van der Waals surface area (Å²) in [5, 5.41) is 3.07. The van der Waals surface area contributed by atoms with E-state index in [1.54, 1.807) is 19.2 Å². The summed E-state index contributed by atoms with van der Waals surface area (Å²) in [6.07, 6.45) is 0.0309. The van der Waals surface area contributed by atoms with E-state index in [0.717, 1.165) is 4.47 Å². The Kier molecular flexibility index (Phi) is 4.54. The SMILES string of the molecule is COC(C)C(C)Nc1cc(Br)ccc1F. The van der Waals surface area contributed by atoms with Crippen molar-refractivity contribution in [3.05, 3.63) is 28.5 Å². The zero-order chi connectivity index (χ0) is 11.4. The average molecular weight is 276 g/mol. The molecule has 0 aliphatic carbocycles. The fourth-order valence-electron chi connectivity index (χ4n) is 1.17. The number of halogens is 2. The molecule has 1 aromatic rings. The molecule has 0 spiro atoms. The van der Waals surface area contributed by atoms with E-state index < -0.39 is 0 Å². The van der Waals surface area contributed by atoms with Crippen LogP contribution in [0.25, 0.3) is 0 Å². The van der Waals surface area contributed by atoms with Crippen LogP contribution in [0.5, 0.6) is 0 Å². The second-order valence-electron chi connectivity index (χ2n) is 3.50. The van der Waals surface area contributed by atoms with E-state index in [1.807, 2.05) is 13.8 Å². The summed E-state index contributed by atoms with van der Waals surface area (Å²) in [7, 11) is 1.64. The fraction of sp³-hybridized carbons (Fsp3) is 0.455. The minimum Gasteiger partial charge on any atom is -0.380 e. The summed E-state index contributed by atoms with van der Waals surface area (Å²) in [4.78, 5) is 0. The van der Waals surface area contributed by atoms with E-state index in [9.17, 15) is 4.39 Å². The van der Waals surface area contributed by atoms with Crippen molar-refractivity contribution in [3.8, 4) is 0 Å². The third kappa shape index (κ3) is 3.47. The first-order valence-electron chi connectivity index (χ1n) is 4.79. The van der Waals surface area contributed by atoms with Gasteiger partial charge in [0.2, 0.25) is 0 Å². The van der Waals surface area contributed by atoms with Crippen molar-refractivity contribution in [2.24, 2.45) is 0 Å². The van der Waals surface area contributed by atoms with E-state index in [-0.39, 0.29) is 18.0 Å². The molecule has 15 heavy (non-hydrogen) atoms. The lowest BCUT2D eigenvalue weighted by molar-refractivity contribution is 0.106. The molecule has 1 aromatic carbocycles. The van der Waals surface area contributed by atoms with Gasteiger partial charge in [-0.2, -0.15) is 0 Å². The zero-order valence-electron chi connectivity index (χ0n) is 9.05. The maximum Gasteiger partial charge on any atom is 0.146 e. The third-order valence-corrected chi connectivity index (χ3v) is 2.88. The fourth-order valence-corrected chi connectivity index (χ4v) is 1.54. The molecule has 2 atom stereocenters. The average Bonchev–Trinajstić information content (AvgIpc) is 2.22. The van der Waals surface area contributed by atoms with Gasteiger partial charge in [0.05, 0.1) is 11.8 Å². The van der Waals surface area contributed by atoms with E-state index >= 15 is 0 Å². The van der Waals surface area contributed by atoms with E-state index in [1.165, 1.54) is 6.07 Å². The van der Waals surface area contributed by atoms with Gasteiger partial charge < -0.3 is 10.1 Å². The van der Waals surface area contributed by atoms with Crippen molar-refractivity contribution in [1.29, 1.82) is 0 Å². The number of anilines is 1. The van der Waals surface area contributed by atoms with Crippen LogP contribution in [-0.4, -0.2) is 19.3 Å². The largest absolute Gasteiger partial charge is 0.380 e. The monoisotopic (exact) mass is 275 g/mol. The molecule has 0 aliphatic heterocycles. The number of hydrogen-bond acceptors (Lipinski definition) is 2. The van der Waals surface area contributed by atoms with Gasteiger partial charge >= 0.3 is 0 Å². The van der Waals surface area contributed by atoms with Gasteiger partial charge in [-0.25, -0.2) is 4.39 Å². The Morgan fingerprint density at radius 2 is 2.07 bits per heavy atom. The Bertz CT molecular complexity index is 332. The highest BCUT2D eigenvalue weighted by molar-refractivity contribution is 9.10. The first kappa shape index (κ1) is 12.5. The number of methoxy groups -OCH3 is 1. The third-order valence-electron chi connectivity index (χ3n) is 2.39. The van der Waals surface area contributed by atoms with Crippen molar-refractivity contribution in [1.82, 2.24) is 0 Å². The quantitative estimate of drug-likeness (QED) is 0.909. The van der Waals surface area contributed by atoms with Crippen molar-refractivity contribution in [3.63, 3.8) is 0 Å². The van der Waals surface area contributed by atoms with Crippen LogP contribution in [0.2, 0.25) is 0 Å². The van der Waals surface area contributed by atoms with Crippen molar-refractivity contribution in [2.45, 2.75) is 26.0 Å². The van der Waals surface area contributed by atoms with Crippen LogP contribution in [0.1, 0.15) is 13.8 Å². The summed E-state index contributed by atoms with van der Waals surface area (Å²) in [5.41, 5.74) is 0.487. The van der Waals surface area contributed by atoms with Crippen LogP contribution >= 0.6 is 15.9 Å². The van der Waals surface area contributed by atoms with E-state index in [2.05, 4.69) is 21.2 Å². The molecule has 0 radical (unpaired) electrons. The Morgan fingerprint density at radius 3 is 2.67 bits per heavy atom. The molecule has 4 heteroatoms. The van der Waals surface area contributed by atoms with Gasteiger partial charge in [0.25, 0.3) is 0 Å². The molecule has 1 rings (SSSR count). The van der Waals surface area contributed by atoms with Gasteiger partial charge in [-0.3, -0.25) is 0 Å². The van der Waals surface area contributed by atoms with Crippen molar-refractivity contribution in [2.75, 3.05) is 12.4 Å². The summed E-state index contributed by atoms with van der Waals surface area (Å²) in [6.45, 7) is 3.89. The smallest absolute Gasteiger partial charge is 0.146 e. The van der Waals surface area contributed by atoms with Gasteiger partial charge in [-0.05, 0) is 32.0 Å². The molecule has 0 aromatic heterocycles. The van der Waals surface area contributed by atoms with E-state index in [0.29, 0.717) is 5.69 Å². The van der Waals surface area contributed by atoms with Crippen molar-refractivity contribution >= 4 is 21.6 Å². The first-order chi connectivity index (χ1) is 7.04. The van der Waals surface area contributed by atoms with Crippen molar-refractivity contribution < 1.29 is 9.13 Å². The van der Waals surface area contributed by atoms with Crippen LogP contribution in [0.3, 0.4) is 0 Å². The van der Waals surface area contributed by atoms with Crippen LogP contribution in [0.4, 0.5) is 10.1 Å². The molecule has 2 nitrogen and oxygen atoms in total.